The smallest absolute Gasteiger partial charge is 0.354 e. The standard InChI is InChI=1S/C12H11BrN2O2/c1-8-11(12(16)17)15(7-14-8)6-9-2-4-10(13)5-3-9/h2-5,7H,6H2,1H3,(H,16,17). The van der Waals surface area contributed by atoms with Crippen molar-refractivity contribution in [2.24, 2.45) is 0 Å². The first-order valence-electron chi connectivity index (χ1n) is 5.07. The Morgan fingerprint density at radius 2 is 2.06 bits per heavy atom. The molecule has 0 fully saturated rings. The largest absolute Gasteiger partial charge is 0.477 e. The molecule has 2 aromatic rings. The van der Waals surface area contributed by atoms with E-state index in [0.29, 0.717) is 12.2 Å². The number of nitrogens with zero attached hydrogens (tertiary/aromatic N) is 2. The summed E-state index contributed by atoms with van der Waals surface area (Å²) in [5, 5.41) is 9.09. The van der Waals surface area contributed by atoms with Gasteiger partial charge in [-0.05, 0) is 24.6 Å². The summed E-state index contributed by atoms with van der Waals surface area (Å²) in [6, 6.07) is 7.76. The zero-order valence-corrected chi connectivity index (χ0v) is 10.8. The second-order valence-electron chi connectivity index (χ2n) is 3.74. The molecule has 0 unspecified atom stereocenters. The van der Waals surface area contributed by atoms with E-state index in [4.69, 9.17) is 5.11 Å². The molecule has 1 aromatic heterocycles. The molecular weight excluding hydrogens is 284 g/mol. The predicted octanol–water partition coefficient (Wildman–Crippen LogP) is 2.70. The number of carboxylic acids is 1. The summed E-state index contributed by atoms with van der Waals surface area (Å²) in [5.74, 6) is -0.947. The number of aryl methyl sites for hydroxylation is 1. The second-order valence-corrected chi connectivity index (χ2v) is 4.65. The van der Waals surface area contributed by atoms with E-state index in [0.717, 1.165) is 10.0 Å². The van der Waals surface area contributed by atoms with Crippen LogP contribution in [0.25, 0.3) is 0 Å². The van der Waals surface area contributed by atoms with E-state index in [1.165, 1.54) is 0 Å². The van der Waals surface area contributed by atoms with Gasteiger partial charge in [0, 0.05) is 11.0 Å². The van der Waals surface area contributed by atoms with Crippen molar-refractivity contribution < 1.29 is 9.90 Å². The lowest BCUT2D eigenvalue weighted by Crippen LogP contribution is -2.09. The van der Waals surface area contributed by atoms with Gasteiger partial charge in [-0.25, -0.2) is 9.78 Å². The number of halogens is 1. The molecule has 0 spiro atoms. The first-order chi connectivity index (χ1) is 8.08. The SMILES string of the molecule is Cc1ncn(Cc2ccc(Br)cc2)c1C(=O)O. The monoisotopic (exact) mass is 294 g/mol. The molecule has 0 saturated carbocycles. The van der Waals surface area contributed by atoms with Crippen molar-refractivity contribution in [3.63, 3.8) is 0 Å². The van der Waals surface area contributed by atoms with E-state index in [9.17, 15) is 4.79 Å². The van der Waals surface area contributed by atoms with E-state index in [1.807, 2.05) is 24.3 Å². The van der Waals surface area contributed by atoms with Crippen molar-refractivity contribution in [1.82, 2.24) is 9.55 Å². The molecule has 1 aromatic carbocycles. The van der Waals surface area contributed by atoms with Crippen LogP contribution in [0.3, 0.4) is 0 Å². The Kier molecular flexibility index (Phi) is 3.28. The van der Waals surface area contributed by atoms with Crippen LogP contribution in [-0.2, 0) is 6.54 Å². The molecule has 0 aliphatic carbocycles. The van der Waals surface area contributed by atoms with Crippen molar-refractivity contribution in [3.05, 3.63) is 52.0 Å². The third-order valence-electron chi connectivity index (χ3n) is 2.49. The molecule has 0 amide bonds. The molecule has 2 rings (SSSR count). The number of aromatic nitrogens is 2. The minimum atomic E-state index is -0.947. The van der Waals surface area contributed by atoms with Crippen LogP contribution >= 0.6 is 15.9 Å². The summed E-state index contributed by atoms with van der Waals surface area (Å²) in [7, 11) is 0. The third-order valence-corrected chi connectivity index (χ3v) is 3.02. The van der Waals surface area contributed by atoms with Gasteiger partial charge in [0.05, 0.1) is 12.0 Å². The van der Waals surface area contributed by atoms with Crippen LogP contribution in [0.15, 0.2) is 35.1 Å². The molecule has 88 valence electrons. The Labute approximate surface area is 107 Å². The van der Waals surface area contributed by atoms with Gasteiger partial charge in [-0.1, -0.05) is 28.1 Å². The van der Waals surface area contributed by atoms with Crippen molar-refractivity contribution in [2.75, 3.05) is 0 Å². The molecule has 5 heteroatoms. The van der Waals surface area contributed by atoms with Gasteiger partial charge >= 0.3 is 5.97 Å². The van der Waals surface area contributed by atoms with Gasteiger partial charge in [-0.2, -0.15) is 0 Å². The fourth-order valence-electron chi connectivity index (χ4n) is 1.67. The molecule has 0 atom stereocenters. The number of hydrogen-bond donors (Lipinski definition) is 1. The molecule has 0 bridgehead atoms. The van der Waals surface area contributed by atoms with Crippen molar-refractivity contribution in [1.29, 1.82) is 0 Å². The molecular formula is C12H11BrN2O2. The van der Waals surface area contributed by atoms with Crippen LogP contribution < -0.4 is 0 Å². The molecule has 0 aliphatic heterocycles. The Morgan fingerprint density at radius 3 is 2.65 bits per heavy atom. The fourth-order valence-corrected chi connectivity index (χ4v) is 1.93. The normalized spacial score (nSPS) is 10.5. The van der Waals surface area contributed by atoms with Crippen LogP contribution in [0, 0.1) is 6.92 Å². The topological polar surface area (TPSA) is 55.1 Å². The van der Waals surface area contributed by atoms with Gasteiger partial charge in [0.15, 0.2) is 0 Å². The maximum absolute atomic E-state index is 11.1. The van der Waals surface area contributed by atoms with Crippen molar-refractivity contribution >= 4 is 21.9 Å². The lowest BCUT2D eigenvalue weighted by Gasteiger charge is -2.06. The molecule has 0 aliphatic rings. The number of carboxylic acid groups (broad SMARTS) is 1. The maximum Gasteiger partial charge on any atom is 0.354 e. The number of imidazole rings is 1. The van der Waals surface area contributed by atoms with Gasteiger partial charge in [-0.15, -0.1) is 0 Å². The first kappa shape index (κ1) is 11.9. The number of benzene rings is 1. The van der Waals surface area contributed by atoms with Gasteiger partial charge in [-0.3, -0.25) is 0 Å². The Hall–Kier alpha value is -1.62. The second kappa shape index (κ2) is 4.71. The highest BCUT2D eigenvalue weighted by molar-refractivity contribution is 9.10. The summed E-state index contributed by atoms with van der Waals surface area (Å²) in [4.78, 5) is 15.1. The highest BCUT2D eigenvalue weighted by atomic mass is 79.9. The molecule has 1 N–H and O–H groups in total. The molecule has 0 saturated heterocycles. The van der Waals surface area contributed by atoms with Crippen LogP contribution in [0.1, 0.15) is 21.7 Å². The molecule has 17 heavy (non-hydrogen) atoms. The fraction of sp³-hybridized carbons (Fsp3) is 0.167. The lowest BCUT2D eigenvalue weighted by molar-refractivity contribution is 0.0685. The van der Waals surface area contributed by atoms with Gasteiger partial charge in [0.2, 0.25) is 0 Å². The van der Waals surface area contributed by atoms with E-state index >= 15 is 0 Å². The highest BCUT2D eigenvalue weighted by Gasteiger charge is 2.14. The number of carbonyl (C=O) groups is 1. The molecule has 0 radical (unpaired) electrons. The average molecular weight is 295 g/mol. The summed E-state index contributed by atoms with van der Waals surface area (Å²) in [5.41, 5.74) is 1.82. The number of aromatic carboxylic acids is 1. The van der Waals surface area contributed by atoms with E-state index < -0.39 is 5.97 Å². The zero-order valence-electron chi connectivity index (χ0n) is 9.22. The van der Waals surface area contributed by atoms with Crippen LogP contribution in [-0.4, -0.2) is 20.6 Å². The number of hydrogen-bond acceptors (Lipinski definition) is 2. The Morgan fingerprint density at radius 1 is 1.41 bits per heavy atom. The summed E-state index contributed by atoms with van der Waals surface area (Å²) < 4.78 is 2.64. The average Bonchev–Trinajstić information content (AvgIpc) is 2.63. The van der Waals surface area contributed by atoms with E-state index in [-0.39, 0.29) is 5.69 Å². The summed E-state index contributed by atoms with van der Waals surface area (Å²) in [6.45, 7) is 2.21. The van der Waals surface area contributed by atoms with Crippen LogP contribution in [0.2, 0.25) is 0 Å². The zero-order chi connectivity index (χ0) is 12.4. The first-order valence-corrected chi connectivity index (χ1v) is 5.86. The predicted molar refractivity (Wildman–Crippen MR) is 67.2 cm³/mol. The van der Waals surface area contributed by atoms with Gasteiger partial charge in [0.1, 0.15) is 5.69 Å². The van der Waals surface area contributed by atoms with E-state index in [1.54, 1.807) is 17.8 Å². The van der Waals surface area contributed by atoms with E-state index in [2.05, 4.69) is 20.9 Å². The molecule has 1 heterocycles. The summed E-state index contributed by atoms with van der Waals surface area (Å²) in [6.07, 6.45) is 1.56. The van der Waals surface area contributed by atoms with Crippen LogP contribution in [0.5, 0.6) is 0 Å². The summed E-state index contributed by atoms with van der Waals surface area (Å²) >= 11 is 3.36. The lowest BCUT2D eigenvalue weighted by atomic mass is 10.2. The molecule has 4 nitrogen and oxygen atoms in total. The quantitative estimate of drug-likeness (QED) is 0.947. The van der Waals surface area contributed by atoms with Crippen molar-refractivity contribution in [2.45, 2.75) is 13.5 Å². The highest BCUT2D eigenvalue weighted by Crippen LogP contribution is 2.13. The van der Waals surface area contributed by atoms with Crippen LogP contribution in [0.4, 0.5) is 0 Å². The number of rotatable bonds is 3. The minimum Gasteiger partial charge on any atom is -0.477 e. The third kappa shape index (κ3) is 2.55. The Bertz CT molecular complexity index is 546. The van der Waals surface area contributed by atoms with Gasteiger partial charge < -0.3 is 9.67 Å². The van der Waals surface area contributed by atoms with Crippen molar-refractivity contribution in [3.8, 4) is 0 Å². The van der Waals surface area contributed by atoms with Gasteiger partial charge in [0.25, 0.3) is 0 Å². The minimum absolute atomic E-state index is 0.243. The Balaban J connectivity index is 2.30. The maximum atomic E-state index is 11.1.